The van der Waals surface area contributed by atoms with Crippen molar-refractivity contribution in [3.05, 3.63) is 0 Å². The van der Waals surface area contributed by atoms with E-state index in [9.17, 15) is 48.3 Å². The number of aliphatic hydroxyl groups is 1. The molecule has 482 valence electrons. The van der Waals surface area contributed by atoms with Gasteiger partial charge >= 0.3 is 6.03 Å². The predicted octanol–water partition coefficient (Wildman–Crippen LogP) is 4.09. The summed E-state index contributed by atoms with van der Waals surface area (Å²) in [6.07, 6.45) is 0.730. The molecule has 23 heteroatoms. The molecule has 0 aromatic rings. The van der Waals surface area contributed by atoms with Gasteiger partial charge in [0.1, 0.15) is 54.4 Å². The first-order valence-corrected chi connectivity index (χ1v) is 30.4. The van der Waals surface area contributed by atoms with Crippen LogP contribution in [0, 0.1) is 41.4 Å². The molecule has 1 saturated heterocycles. The fourth-order valence-electron chi connectivity index (χ4n) is 10.5. The Morgan fingerprint density at radius 2 is 0.643 bits per heavy atom. The predicted molar refractivity (Wildman–Crippen MR) is 324 cm³/mol. The number of urea groups is 1. The molecule has 23 nitrogen and oxygen atoms in total. The minimum atomic E-state index is -1.49. The average Bonchev–Trinajstić information content (AvgIpc) is 3.54. The average molecular weight is 1190 g/mol. The third kappa shape index (κ3) is 22.5. The lowest BCUT2D eigenvalue weighted by molar-refractivity contribution is -0.155. The Labute approximate surface area is 503 Å². The van der Waals surface area contributed by atoms with Crippen LogP contribution in [0.4, 0.5) is 4.79 Å². The van der Waals surface area contributed by atoms with Crippen LogP contribution in [-0.4, -0.2) is 221 Å². The van der Waals surface area contributed by atoms with E-state index in [1.165, 1.54) is 75.9 Å². The maximum atomic E-state index is 15.1. The molecule has 0 aliphatic carbocycles. The van der Waals surface area contributed by atoms with Crippen LogP contribution >= 0.6 is 0 Å². The summed E-state index contributed by atoms with van der Waals surface area (Å²) in [5, 5.41) is 22.0. The number of carbonyl (C=O) groups is 11. The summed E-state index contributed by atoms with van der Waals surface area (Å²) in [5.41, 5.74) is 0. The van der Waals surface area contributed by atoms with Gasteiger partial charge in [0.15, 0.2) is 0 Å². The summed E-state index contributed by atoms with van der Waals surface area (Å²) in [7, 11) is 9.81. The van der Waals surface area contributed by atoms with Crippen LogP contribution < -0.4 is 21.3 Å². The molecule has 0 unspecified atom stereocenters. The molecule has 0 aromatic carbocycles. The van der Waals surface area contributed by atoms with Crippen LogP contribution in [0.3, 0.4) is 0 Å². The van der Waals surface area contributed by atoms with Gasteiger partial charge in [0.2, 0.25) is 59.1 Å². The van der Waals surface area contributed by atoms with Crippen molar-refractivity contribution in [3.63, 3.8) is 0 Å². The van der Waals surface area contributed by atoms with Crippen molar-refractivity contribution in [3.8, 4) is 0 Å². The Balaban J connectivity index is 4.30. The summed E-state index contributed by atoms with van der Waals surface area (Å²) in [5.74, 6) is -7.56. The first-order valence-electron chi connectivity index (χ1n) is 30.4. The number of hydrogen-bond donors (Lipinski definition) is 5. The highest BCUT2D eigenvalue weighted by atomic mass is 16.3. The summed E-state index contributed by atoms with van der Waals surface area (Å²) in [4.78, 5) is 168. The fourth-order valence-corrected chi connectivity index (χ4v) is 10.5. The van der Waals surface area contributed by atoms with Gasteiger partial charge in [-0.15, -0.1) is 0 Å². The first kappa shape index (κ1) is 76.1. The Hall–Kier alpha value is -5.87. The second-order valence-electron chi connectivity index (χ2n) is 26.5. The van der Waals surface area contributed by atoms with Crippen molar-refractivity contribution < 1.29 is 57.8 Å². The van der Waals surface area contributed by atoms with E-state index in [-0.39, 0.29) is 92.8 Å². The van der Waals surface area contributed by atoms with Gasteiger partial charge in [-0.3, -0.25) is 52.8 Å². The van der Waals surface area contributed by atoms with Gasteiger partial charge in [-0.25, -0.2) is 4.79 Å². The molecule has 10 atom stereocenters. The summed E-state index contributed by atoms with van der Waals surface area (Å²) in [6, 6.07) is -12.6. The minimum Gasteiger partial charge on any atom is -0.394 e. The number of likely N-dealkylation sites (N-methyl/N-ethyl adjacent to an activating group) is 6. The molecule has 0 spiro atoms. The van der Waals surface area contributed by atoms with E-state index >= 15 is 9.59 Å². The minimum absolute atomic E-state index is 0.0906. The highest BCUT2D eigenvalue weighted by Crippen LogP contribution is 2.25. The quantitative estimate of drug-likeness (QED) is 0.146. The molecule has 5 N–H and O–H groups in total. The molecule has 0 bridgehead atoms. The molecule has 1 fully saturated rings. The normalized spacial score (nSPS) is 26.3. The zero-order valence-corrected chi connectivity index (χ0v) is 55.5. The van der Waals surface area contributed by atoms with Gasteiger partial charge < -0.3 is 55.8 Å². The Morgan fingerprint density at radius 1 is 0.369 bits per heavy atom. The van der Waals surface area contributed by atoms with Gasteiger partial charge in [-0.05, 0) is 99.7 Å². The highest BCUT2D eigenvalue weighted by molar-refractivity contribution is 6.00. The first-order chi connectivity index (χ1) is 38.7. The van der Waals surface area contributed by atoms with Crippen LogP contribution in [0.15, 0.2) is 0 Å². The van der Waals surface area contributed by atoms with Gasteiger partial charge in [-0.2, -0.15) is 0 Å². The lowest BCUT2D eigenvalue weighted by atomic mass is 9.95. The van der Waals surface area contributed by atoms with Gasteiger partial charge in [0, 0.05) is 61.8 Å². The Morgan fingerprint density at radius 3 is 0.976 bits per heavy atom. The van der Waals surface area contributed by atoms with Crippen LogP contribution in [0.2, 0.25) is 0 Å². The number of imide groups is 1. The zero-order chi connectivity index (χ0) is 65.1. The third-order valence-electron chi connectivity index (χ3n) is 15.5. The van der Waals surface area contributed by atoms with Crippen LogP contribution in [-0.2, 0) is 47.9 Å². The number of rotatable bonds is 16. The van der Waals surface area contributed by atoms with E-state index in [1.807, 2.05) is 96.9 Å². The van der Waals surface area contributed by atoms with Gasteiger partial charge in [0.25, 0.3) is 0 Å². The number of aliphatic hydroxyl groups excluding tert-OH is 1. The second kappa shape index (κ2) is 34.9. The molecule has 0 radical (unpaired) electrons. The summed E-state index contributed by atoms with van der Waals surface area (Å²) in [6.45, 7) is 28.6. The zero-order valence-electron chi connectivity index (χ0n) is 55.5. The molecule has 1 aliphatic heterocycles. The maximum absolute atomic E-state index is 15.1. The second-order valence-corrected chi connectivity index (χ2v) is 26.5. The van der Waals surface area contributed by atoms with E-state index in [4.69, 9.17) is 0 Å². The van der Waals surface area contributed by atoms with E-state index < -0.39 is 139 Å². The van der Waals surface area contributed by atoms with Crippen molar-refractivity contribution >= 4 is 65.1 Å². The highest BCUT2D eigenvalue weighted by Gasteiger charge is 2.43. The maximum Gasteiger partial charge on any atom is 0.326 e. The van der Waals surface area contributed by atoms with E-state index in [0.717, 1.165) is 14.7 Å². The molecule has 84 heavy (non-hydrogen) atoms. The molecule has 12 amide bonds. The third-order valence-corrected chi connectivity index (χ3v) is 15.5. The van der Waals surface area contributed by atoms with Crippen molar-refractivity contribution in [1.29, 1.82) is 0 Å². The molecule has 1 aliphatic rings. The summed E-state index contributed by atoms with van der Waals surface area (Å²) >= 11 is 0. The molecular weight excluding hydrogens is 1080 g/mol. The van der Waals surface area contributed by atoms with E-state index in [2.05, 4.69) is 21.3 Å². The largest absolute Gasteiger partial charge is 0.394 e. The topological polar surface area (TPSA) is 279 Å². The number of hydrogen-bond acceptors (Lipinski definition) is 12. The Kier molecular flexibility index (Phi) is 31.7. The van der Waals surface area contributed by atoms with Crippen molar-refractivity contribution in [1.82, 2.24) is 55.6 Å². The smallest absolute Gasteiger partial charge is 0.326 e. The number of nitrogens with zero attached hydrogens (tertiary/aromatic N) is 7. The lowest BCUT2D eigenvalue weighted by Crippen LogP contribution is -2.61. The number of carbonyl (C=O) groups excluding carboxylic acids is 11. The molecule has 1 rings (SSSR count). The standard InChI is InChI=1S/C61H111N11O12/c1-24-42-52(75)64-43(25-34(2)3)57(80)67(18)47(29-38(10)11)58(81)68(19)48(30-39(12)13)59(82)69(20)49(31-40(14)15)60(83)70(21)50(33-73)55(78)62-41(16)32-51(74)72(23)61(84)71(22)46(28-37(8)9)54(77)65-44(26-35(4)5)56(79)66(17)45(27-36(6)7)53(76)63-42/h34-50,73H,24-33H2,1-23H3,(H,62,78)(H,63,76)(H,64,75)(H,65,77)/t41-,42-,43+,44-,45-,46-,47-,48-,49-,50-/m0/s1. The van der Waals surface area contributed by atoms with E-state index in [1.54, 1.807) is 6.92 Å². The molecule has 0 aromatic heterocycles. The lowest BCUT2D eigenvalue weighted by Gasteiger charge is -2.40. The Bertz CT molecular complexity index is 2240. The monoisotopic (exact) mass is 1190 g/mol. The molecular formula is C61H111N11O12. The van der Waals surface area contributed by atoms with E-state index in [0.29, 0.717) is 0 Å². The van der Waals surface area contributed by atoms with Crippen molar-refractivity contribution in [2.75, 3.05) is 55.9 Å². The van der Waals surface area contributed by atoms with Crippen molar-refractivity contribution in [2.24, 2.45) is 41.4 Å². The summed E-state index contributed by atoms with van der Waals surface area (Å²) < 4.78 is 0. The number of amides is 12. The molecule has 0 saturated carbocycles. The van der Waals surface area contributed by atoms with Gasteiger partial charge in [-0.1, -0.05) is 104 Å². The van der Waals surface area contributed by atoms with Crippen LogP contribution in [0.25, 0.3) is 0 Å². The van der Waals surface area contributed by atoms with Crippen LogP contribution in [0.1, 0.15) is 169 Å². The molecule has 1 heterocycles. The number of nitrogens with one attached hydrogen (secondary N) is 4. The van der Waals surface area contributed by atoms with Gasteiger partial charge in [0.05, 0.1) is 6.61 Å². The SMILES string of the molecule is CC[C@@H]1NC(=O)[C@H](CC(C)C)N(C)C(=O)[C@H](CC(C)C)NC(=O)[C@H](CC(C)C)N(C)C(=O)N(C)C(=O)C[C@H](C)NC(=O)[C@H](CO)N(C)C(=O)[C@H](CC(C)C)N(C)C(=O)[C@H](CC(C)C)N(C)C(=O)[C@H](CC(C)C)N(C)C(=O)[C@@H](CC(C)C)NC1=O. The fraction of sp³-hybridized carbons (Fsp3) is 0.820. The van der Waals surface area contributed by atoms with Crippen molar-refractivity contribution in [2.45, 2.75) is 229 Å². The van der Waals surface area contributed by atoms with Crippen LogP contribution in [0.5, 0.6) is 0 Å².